The molecule has 3 nitrogen and oxygen atoms in total. The molecule has 1 aliphatic rings. The molecule has 0 spiro atoms. The highest BCUT2D eigenvalue weighted by Crippen LogP contribution is 2.27. The van der Waals surface area contributed by atoms with Gasteiger partial charge in [0.05, 0.1) is 17.7 Å². The second-order valence-electron chi connectivity index (χ2n) is 4.58. The SMILES string of the molecule is N#Cc1cccc(OC2CCC(CO)CC2)c1. The van der Waals surface area contributed by atoms with Crippen LogP contribution in [0.15, 0.2) is 24.3 Å². The van der Waals surface area contributed by atoms with Crippen LogP contribution in [-0.4, -0.2) is 17.8 Å². The summed E-state index contributed by atoms with van der Waals surface area (Å²) in [6.45, 7) is 0.288. The van der Waals surface area contributed by atoms with E-state index >= 15 is 0 Å². The van der Waals surface area contributed by atoms with Crippen LogP contribution in [0, 0.1) is 17.2 Å². The largest absolute Gasteiger partial charge is 0.490 e. The van der Waals surface area contributed by atoms with Crippen molar-refractivity contribution in [2.24, 2.45) is 5.92 Å². The van der Waals surface area contributed by atoms with Crippen LogP contribution in [-0.2, 0) is 0 Å². The summed E-state index contributed by atoms with van der Waals surface area (Å²) in [5, 5.41) is 17.9. The second-order valence-corrected chi connectivity index (χ2v) is 4.58. The van der Waals surface area contributed by atoms with Gasteiger partial charge in [-0.25, -0.2) is 0 Å². The fraction of sp³-hybridized carbons (Fsp3) is 0.500. The van der Waals surface area contributed by atoms with Gasteiger partial charge >= 0.3 is 0 Å². The minimum Gasteiger partial charge on any atom is -0.490 e. The van der Waals surface area contributed by atoms with Crippen molar-refractivity contribution in [3.63, 3.8) is 0 Å². The minimum absolute atomic E-state index is 0.228. The number of aliphatic hydroxyl groups excluding tert-OH is 1. The van der Waals surface area contributed by atoms with Crippen molar-refractivity contribution in [2.75, 3.05) is 6.61 Å². The molecule has 0 radical (unpaired) electrons. The maximum Gasteiger partial charge on any atom is 0.121 e. The second kappa shape index (κ2) is 5.70. The topological polar surface area (TPSA) is 53.2 Å². The van der Waals surface area contributed by atoms with E-state index in [9.17, 15) is 0 Å². The zero-order valence-electron chi connectivity index (χ0n) is 9.80. The maximum absolute atomic E-state index is 9.06. The van der Waals surface area contributed by atoms with Crippen LogP contribution in [0.2, 0.25) is 0 Å². The zero-order chi connectivity index (χ0) is 12.1. The van der Waals surface area contributed by atoms with Gasteiger partial charge in [-0.05, 0) is 49.8 Å². The molecular formula is C14H17NO2. The number of hydrogen-bond donors (Lipinski definition) is 1. The maximum atomic E-state index is 9.06. The molecule has 0 atom stereocenters. The van der Waals surface area contributed by atoms with E-state index in [1.165, 1.54) is 0 Å². The Bertz CT molecular complexity index is 403. The van der Waals surface area contributed by atoms with Crippen molar-refractivity contribution in [1.29, 1.82) is 5.26 Å². The van der Waals surface area contributed by atoms with Crippen LogP contribution in [0.4, 0.5) is 0 Å². The predicted octanol–water partition coefficient (Wildman–Crippen LogP) is 2.49. The van der Waals surface area contributed by atoms with Gasteiger partial charge in [-0.2, -0.15) is 5.26 Å². The smallest absolute Gasteiger partial charge is 0.121 e. The summed E-state index contributed by atoms with van der Waals surface area (Å²) in [5.74, 6) is 1.22. The van der Waals surface area contributed by atoms with E-state index in [-0.39, 0.29) is 12.7 Å². The fourth-order valence-electron chi connectivity index (χ4n) is 2.26. The van der Waals surface area contributed by atoms with Crippen molar-refractivity contribution in [1.82, 2.24) is 0 Å². The lowest BCUT2D eigenvalue weighted by atomic mass is 9.88. The van der Waals surface area contributed by atoms with E-state index < -0.39 is 0 Å². The molecule has 2 rings (SSSR count). The molecule has 90 valence electrons. The number of hydrogen-bond acceptors (Lipinski definition) is 3. The highest BCUT2D eigenvalue weighted by atomic mass is 16.5. The number of nitrogens with zero attached hydrogens (tertiary/aromatic N) is 1. The number of nitriles is 1. The Labute approximate surface area is 102 Å². The van der Waals surface area contributed by atoms with Crippen LogP contribution in [0.3, 0.4) is 0 Å². The first-order valence-electron chi connectivity index (χ1n) is 6.09. The van der Waals surface area contributed by atoms with Crippen LogP contribution >= 0.6 is 0 Å². The third kappa shape index (κ3) is 3.21. The minimum atomic E-state index is 0.228. The van der Waals surface area contributed by atoms with Crippen LogP contribution in [0.25, 0.3) is 0 Å². The number of rotatable bonds is 3. The van der Waals surface area contributed by atoms with Crippen LogP contribution < -0.4 is 4.74 Å². The average molecular weight is 231 g/mol. The van der Waals surface area contributed by atoms with Gasteiger partial charge in [0.25, 0.3) is 0 Å². The number of benzene rings is 1. The lowest BCUT2D eigenvalue weighted by Gasteiger charge is -2.27. The third-order valence-corrected chi connectivity index (χ3v) is 3.32. The molecule has 0 bridgehead atoms. The molecule has 0 aliphatic heterocycles. The van der Waals surface area contributed by atoms with Crippen LogP contribution in [0.5, 0.6) is 5.75 Å². The Balaban J connectivity index is 1.91. The molecule has 0 unspecified atom stereocenters. The summed E-state index contributed by atoms with van der Waals surface area (Å²) in [4.78, 5) is 0. The molecule has 3 heteroatoms. The van der Waals surface area contributed by atoms with Gasteiger partial charge in [-0.3, -0.25) is 0 Å². The first kappa shape index (κ1) is 11.9. The molecule has 1 aromatic carbocycles. The monoisotopic (exact) mass is 231 g/mol. The summed E-state index contributed by atoms with van der Waals surface area (Å²) in [7, 11) is 0. The Morgan fingerprint density at radius 2 is 2.06 bits per heavy atom. The van der Waals surface area contributed by atoms with Crippen molar-refractivity contribution in [2.45, 2.75) is 31.8 Å². The Morgan fingerprint density at radius 1 is 1.29 bits per heavy atom. The molecule has 1 saturated carbocycles. The predicted molar refractivity (Wildman–Crippen MR) is 64.6 cm³/mol. The van der Waals surface area contributed by atoms with Gasteiger partial charge < -0.3 is 9.84 Å². The lowest BCUT2D eigenvalue weighted by molar-refractivity contribution is 0.104. The van der Waals surface area contributed by atoms with Crippen molar-refractivity contribution in [3.05, 3.63) is 29.8 Å². The highest BCUT2D eigenvalue weighted by molar-refractivity contribution is 5.36. The Morgan fingerprint density at radius 3 is 2.71 bits per heavy atom. The van der Waals surface area contributed by atoms with Gasteiger partial charge in [-0.1, -0.05) is 6.07 Å². The normalized spacial score (nSPS) is 24.0. The first-order chi connectivity index (χ1) is 8.31. The molecule has 1 fully saturated rings. The molecule has 0 heterocycles. The molecular weight excluding hydrogens is 214 g/mol. The number of ether oxygens (including phenoxy) is 1. The van der Waals surface area contributed by atoms with E-state index in [4.69, 9.17) is 15.1 Å². The fourth-order valence-corrected chi connectivity index (χ4v) is 2.26. The van der Waals surface area contributed by atoms with Crippen molar-refractivity contribution < 1.29 is 9.84 Å². The van der Waals surface area contributed by atoms with Gasteiger partial charge in [0, 0.05) is 6.61 Å². The average Bonchev–Trinajstić information content (AvgIpc) is 2.40. The van der Waals surface area contributed by atoms with Crippen molar-refractivity contribution >= 4 is 0 Å². The van der Waals surface area contributed by atoms with Gasteiger partial charge in [-0.15, -0.1) is 0 Å². The molecule has 17 heavy (non-hydrogen) atoms. The van der Waals surface area contributed by atoms with Gasteiger partial charge in [0.1, 0.15) is 5.75 Å². The molecule has 0 amide bonds. The van der Waals surface area contributed by atoms with Gasteiger partial charge in [0.2, 0.25) is 0 Å². The van der Waals surface area contributed by atoms with E-state index in [1.54, 1.807) is 12.1 Å². The first-order valence-corrected chi connectivity index (χ1v) is 6.09. The van der Waals surface area contributed by atoms with E-state index in [2.05, 4.69) is 6.07 Å². The van der Waals surface area contributed by atoms with E-state index in [1.807, 2.05) is 12.1 Å². The molecule has 1 aliphatic carbocycles. The molecule has 1 aromatic rings. The summed E-state index contributed by atoms with van der Waals surface area (Å²) in [6.07, 6.45) is 4.26. The highest BCUT2D eigenvalue weighted by Gasteiger charge is 2.21. The Kier molecular flexibility index (Phi) is 4.00. The summed E-state index contributed by atoms with van der Waals surface area (Å²) in [6, 6.07) is 9.39. The standard InChI is InChI=1S/C14H17NO2/c15-9-12-2-1-3-14(8-12)17-13-6-4-11(10-16)5-7-13/h1-3,8,11,13,16H,4-7,10H2. The quantitative estimate of drug-likeness (QED) is 0.869. The van der Waals surface area contributed by atoms with Crippen molar-refractivity contribution in [3.8, 4) is 11.8 Å². The molecule has 0 aromatic heterocycles. The summed E-state index contributed by atoms with van der Waals surface area (Å²) >= 11 is 0. The number of aliphatic hydroxyl groups is 1. The third-order valence-electron chi connectivity index (χ3n) is 3.32. The molecule has 0 saturated heterocycles. The van der Waals surface area contributed by atoms with Gasteiger partial charge in [0.15, 0.2) is 0 Å². The Hall–Kier alpha value is -1.53. The van der Waals surface area contributed by atoms with E-state index in [0.29, 0.717) is 11.5 Å². The zero-order valence-corrected chi connectivity index (χ0v) is 9.80. The lowest BCUT2D eigenvalue weighted by Crippen LogP contribution is -2.25. The summed E-state index contributed by atoms with van der Waals surface area (Å²) < 4.78 is 5.86. The molecule has 1 N–H and O–H groups in total. The summed E-state index contributed by atoms with van der Waals surface area (Å²) in [5.41, 5.74) is 0.631. The van der Waals surface area contributed by atoms with Crippen LogP contribution in [0.1, 0.15) is 31.2 Å². The van der Waals surface area contributed by atoms with E-state index in [0.717, 1.165) is 31.4 Å².